The minimum atomic E-state index is -0.706. The number of hydrogen-bond donors (Lipinski definition) is 0. The van der Waals surface area contributed by atoms with Gasteiger partial charge in [-0.2, -0.15) is 0 Å². The van der Waals surface area contributed by atoms with E-state index in [1.807, 2.05) is 6.92 Å². The second kappa shape index (κ2) is 4.53. The zero-order chi connectivity index (χ0) is 15.4. The third-order valence-electron chi connectivity index (χ3n) is 4.56. The number of aromatic nitrogens is 1. The van der Waals surface area contributed by atoms with Gasteiger partial charge in [0.05, 0.1) is 17.2 Å². The summed E-state index contributed by atoms with van der Waals surface area (Å²) < 4.78 is 0. The van der Waals surface area contributed by atoms with Crippen LogP contribution >= 0.6 is 0 Å². The number of ketones is 3. The van der Waals surface area contributed by atoms with Gasteiger partial charge < -0.3 is 0 Å². The highest BCUT2D eigenvalue weighted by Gasteiger charge is 2.44. The molecule has 5 nitrogen and oxygen atoms in total. The molecule has 3 aliphatic rings. The molecular weight excluding hydrogens is 280 g/mol. The van der Waals surface area contributed by atoms with Crippen molar-refractivity contribution < 1.29 is 14.4 Å². The van der Waals surface area contributed by atoms with Crippen LogP contribution in [0.5, 0.6) is 0 Å². The van der Waals surface area contributed by atoms with Gasteiger partial charge in [0, 0.05) is 30.0 Å². The van der Waals surface area contributed by atoms with Crippen molar-refractivity contribution in [1.29, 1.82) is 0 Å². The molecule has 0 fully saturated rings. The number of aliphatic imine (C=N–C) groups is 1. The van der Waals surface area contributed by atoms with Crippen molar-refractivity contribution in [2.24, 2.45) is 10.9 Å². The molecule has 22 heavy (non-hydrogen) atoms. The molecular formula is C17H14N2O3. The summed E-state index contributed by atoms with van der Waals surface area (Å²) in [6.07, 6.45) is 6.68. The Balaban J connectivity index is 1.97. The average Bonchev–Trinajstić information content (AvgIpc) is 2.52. The maximum Gasteiger partial charge on any atom is 0.190 e. The normalized spacial score (nSPS) is 26.2. The SMILES string of the molecule is CC1=CC2C(=O)c3c(cnc4c3C(=O)CCC4)C(=O)C2N=C1. The number of aryl methyl sites for hydroxylation is 1. The first-order valence-corrected chi connectivity index (χ1v) is 7.43. The Labute approximate surface area is 127 Å². The van der Waals surface area contributed by atoms with Gasteiger partial charge in [0.2, 0.25) is 0 Å². The molecule has 0 bridgehead atoms. The maximum absolute atomic E-state index is 12.9. The van der Waals surface area contributed by atoms with Gasteiger partial charge in [-0.3, -0.25) is 24.4 Å². The first-order valence-electron chi connectivity index (χ1n) is 7.43. The van der Waals surface area contributed by atoms with E-state index in [0.717, 1.165) is 12.0 Å². The van der Waals surface area contributed by atoms with Crippen LogP contribution in [0.1, 0.15) is 56.5 Å². The second-order valence-corrected chi connectivity index (χ2v) is 6.03. The Morgan fingerprint density at radius 3 is 2.73 bits per heavy atom. The second-order valence-electron chi connectivity index (χ2n) is 6.03. The number of nitrogens with zero attached hydrogens (tertiary/aromatic N) is 2. The molecule has 4 rings (SSSR count). The van der Waals surface area contributed by atoms with Gasteiger partial charge in [-0.15, -0.1) is 0 Å². The number of dihydropyridines is 1. The highest BCUT2D eigenvalue weighted by molar-refractivity contribution is 6.23. The standard InChI is InChI=1S/C17H14N2O3/c1-8-5-9-15(19-6-8)17(22)10-7-18-11-3-2-4-12(20)14(11)13(10)16(9)21/h5-7,9,15H,2-4H2,1H3. The van der Waals surface area contributed by atoms with E-state index in [1.54, 1.807) is 12.3 Å². The lowest BCUT2D eigenvalue weighted by atomic mass is 9.74. The molecule has 0 N–H and O–H groups in total. The molecule has 2 aliphatic carbocycles. The lowest BCUT2D eigenvalue weighted by Crippen LogP contribution is -2.42. The Bertz CT molecular complexity index is 804. The van der Waals surface area contributed by atoms with Gasteiger partial charge in [0.1, 0.15) is 6.04 Å². The summed E-state index contributed by atoms with van der Waals surface area (Å²) in [5.74, 6) is -1.06. The number of rotatable bonds is 0. The Hall–Kier alpha value is -2.43. The van der Waals surface area contributed by atoms with Crippen molar-refractivity contribution in [2.45, 2.75) is 32.2 Å². The molecule has 1 aromatic heterocycles. The summed E-state index contributed by atoms with van der Waals surface area (Å²) in [4.78, 5) is 46.3. The van der Waals surface area contributed by atoms with Crippen molar-refractivity contribution in [2.75, 3.05) is 0 Å². The zero-order valence-corrected chi connectivity index (χ0v) is 12.1. The Morgan fingerprint density at radius 1 is 1.09 bits per heavy atom. The largest absolute Gasteiger partial charge is 0.294 e. The molecule has 0 spiro atoms. The fourth-order valence-electron chi connectivity index (χ4n) is 3.51. The van der Waals surface area contributed by atoms with Gasteiger partial charge >= 0.3 is 0 Å². The molecule has 2 unspecified atom stereocenters. The van der Waals surface area contributed by atoms with E-state index in [0.29, 0.717) is 24.1 Å². The first kappa shape index (κ1) is 13.2. The van der Waals surface area contributed by atoms with E-state index in [4.69, 9.17) is 0 Å². The van der Waals surface area contributed by atoms with Gasteiger partial charge in [-0.05, 0) is 25.3 Å². The monoisotopic (exact) mass is 294 g/mol. The van der Waals surface area contributed by atoms with Gasteiger partial charge in [-0.25, -0.2) is 0 Å². The number of pyridine rings is 1. The van der Waals surface area contributed by atoms with Crippen LogP contribution in [0, 0.1) is 5.92 Å². The number of hydrogen-bond acceptors (Lipinski definition) is 5. The highest BCUT2D eigenvalue weighted by Crippen LogP contribution is 2.35. The van der Waals surface area contributed by atoms with Gasteiger partial charge in [0.25, 0.3) is 0 Å². The number of carbonyl (C=O) groups is 3. The smallest absolute Gasteiger partial charge is 0.190 e. The topological polar surface area (TPSA) is 76.5 Å². The van der Waals surface area contributed by atoms with Crippen molar-refractivity contribution in [3.8, 4) is 0 Å². The van der Waals surface area contributed by atoms with E-state index in [9.17, 15) is 14.4 Å². The average molecular weight is 294 g/mol. The molecule has 2 atom stereocenters. The molecule has 5 heteroatoms. The lowest BCUT2D eigenvalue weighted by Gasteiger charge is -2.30. The van der Waals surface area contributed by atoms with E-state index in [2.05, 4.69) is 9.98 Å². The molecule has 0 saturated carbocycles. The van der Waals surface area contributed by atoms with Crippen LogP contribution in [0.3, 0.4) is 0 Å². The van der Waals surface area contributed by atoms with Gasteiger partial charge in [0.15, 0.2) is 17.3 Å². The Morgan fingerprint density at radius 2 is 1.91 bits per heavy atom. The summed E-state index contributed by atoms with van der Waals surface area (Å²) in [6.45, 7) is 1.85. The highest BCUT2D eigenvalue weighted by atomic mass is 16.1. The predicted octanol–water partition coefficient (Wildman–Crippen LogP) is 2.00. The van der Waals surface area contributed by atoms with E-state index in [-0.39, 0.29) is 28.5 Å². The van der Waals surface area contributed by atoms with Crippen molar-refractivity contribution >= 4 is 23.6 Å². The Kier molecular flexibility index (Phi) is 2.73. The minimum absolute atomic E-state index is 0.0785. The van der Waals surface area contributed by atoms with Gasteiger partial charge in [-0.1, -0.05) is 6.08 Å². The third-order valence-corrected chi connectivity index (χ3v) is 4.56. The van der Waals surface area contributed by atoms with E-state index < -0.39 is 12.0 Å². The number of Topliss-reactive ketones (excluding diaryl/α,β-unsaturated/α-hetero) is 3. The van der Waals surface area contributed by atoms with Crippen LogP contribution in [0.2, 0.25) is 0 Å². The number of fused-ring (bicyclic) bond motifs is 4. The molecule has 0 saturated heterocycles. The summed E-state index contributed by atoms with van der Waals surface area (Å²) in [5, 5.41) is 0. The minimum Gasteiger partial charge on any atom is -0.294 e. The fraction of sp³-hybridized carbons (Fsp3) is 0.353. The van der Waals surface area contributed by atoms with Crippen LogP contribution in [0.15, 0.2) is 22.8 Å². The van der Waals surface area contributed by atoms with Crippen LogP contribution in [0.25, 0.3) is 0 Å². The summed E-state index contributed by atoms with van der Waals surface area (Å²) in [5.41, 5.74) is 2.42. The maximum atomic E-state index is 12.9. The van der Waals surface area contributed by atoms with Crippen molar-refractivity contribution in [3.63, 3.8) is 0 Å². The predicted molar refractivity (Wildman–Crippen MR) is 79.7 cm³/mol. The fourth-order valence-corrected chi connectivity index (χ4v) is 3.51. The number of carbonyl (C=O) groups excluding carboxylic acids is 3. The van der Waals surface area contributed by atoms with E-state index in [1.165, 1.54) is 6.20 Å². The quantitative estimate of drug-likeness (QED) is 0.733. The number of allylic oxidation sites excluding steroid dienone is 1. The molecule has 1 aliphatic heterocycles. The zero-order valence-electron chi connectivity index (χ0n) is 12.1. The summed E-state index contributed by atoms with van der Waals surface area (Å²) >= 11 is 0. The molecule has 0 radical (unpaired) electrons. The summed E-state index contributed by atoms with van der Waals surface area (Å²) in [6, 6.07) is -0.706. The van der Waals surface area contributed by atoms with Crippen LogP contribution in [-0.4, -0.2) is 34.6 Å². The van der Waals surface area contributed by atoms with Crippen molar-refractivity contribution in [3.05, 3.63) is 40.2 Å². The third kappa shape index (κ3) is 1.68. The molecule has 1 aromatic rings. The van der Waals surface area contributed by atoms with Crippen LogP contribution in [0.4, 0.5) is 0 Å². The lowest BCUT2D eigenvalue weighted by molar-refractivity contribution is 0.0818. The first-order chi connectivity index (χ1) is 10.6. The molecule has 0 aromatic carbocycles. The van der Waals surface area contributed by atoms with Crippen LogP contribution in [-0.2, 0) is 6.42 Å². The molecule has 110 valence electrons. The van der Waals surface area contributed by atoms with E-state index >= 15 is 0 Å². The molecule has 0 amide bonds. The van der Waals surface area contributed by atoms with Crippen molar-refractivity contribution in [1.82, 2.24) is 4.98 Å². The van der Waals surface area contributed by atoms with Crippen LogP contribution < -0.4 is 0 Å². The summed E-state index contributed by atoms with van der Waals surface area (Å²) in [7, 11) is 0. The molecule has 2 heterocycles.